The van der Waals surface area contributed by atoms with Crippen molar-refractivity contribution < 1.29 is 14.7 Å². The van der Waals surface area contributed by atoms with Gasteiger partial charge in [-0.15, -0.1) is 0 Å². The van der Waals surface area contributed by atoms with Gasteiger partial charge in [-0.05, 0) is 43.2 Å². The van der Waals surface area contributed by atoms with E-state index < -0.39 is 12.0 Å². The molecule has 0 aliphatic heterocycles. The lowest BCUT2D eigenvalue weighted by atomic mass is 9.95. The number of hydrogen-bond acceptors (Lipinski definition) is 4. The molecular formula is C20H19N3O3. The summed E-state index contributed by atoms with van der Waals surface area (Å²) in [5.41, 5.74) is 9.36. The molecule has 3 rings (SSSR count). The second-order valence-corrected chi connectivity index (χ2v) is 6.13. The van der Waals surface area contributed by atoms with Crippen LogP contribution in [0.1, 0.15) is 41.4 Å². The maximum absolute atomic E-state index is 11.9. The van der Waals surface area contributed by atoms with Crippen LogP contribution in [0.5, 0.6) is 0 Å². The summed E-state index contributed by atoms with van der Waals surface area (Å²) in [7, 11) is 0. The molecule has 2 aromatic heterocycles. The number of primary amides is 1. The summed E-state index contributed by atoms with van der Waals surface area (Å²) >= 11 is 0. The molecule has 3 aromatic rings. The van der Waals surface area contributed by atoms with E-state index >= 15 is 0 Å². The maximum Gasteiger partial charge on any atom is 0.241 e. The first kappa shape index (κ1) is 17.6. The molecule has 0 saturated carbocycles. The second kappa shape index (κ2) is 6.93. The number of aromatic amines is 1. The molecule has 0 saturated heterocycles. The number of nitrogens with zero attached hydrogens (tertiary/aromatic N) is 1. The van der Waals surface area contributed by atoms with Gasteiger partial charge in [-0.2, -0.15) is 0 Å². The molecule has 1 aromatic carbocycles. The number of ketones is 1. The van der Waals surface area contributed by atoms with Gasteiger partial charge in [0.15, 0.2) is 5.78 Å². The van der Waals surface area contributed by atoms with Gasteiger partial charge in [0.1, 0.15) is 5.65 Å². The molecule has 0 fully saturated rings. The zero-order chi connectivity index (χ0) is 18.8. The number of pyridine rings is 1. The van der Waals surface area contributed by atoms with Gasteiger partial charge in [-0.25, -0.2) is 4.98 Å². The van der Waals surface area contributed by atoms with Crippen molar-refractivity contribution in [3.8, 4) is 11.1 Å². The van der Waals surface area contributed by atoms with Crippen molar-refractivity contribution in [1.29, 1.82) is 0 Å². The van der Waals surface area contributed by atoms with Crippen molar-refractivity contribution in [2.75, 3.05) is 0 Å². The normalized spacial score (nSPS) is 12.6. The van der Waals surface area contributed by atoms with Crippen molar-refractivity contribution >= 4 is 28.8 Å². The zero-order valence-electron chi connectivity index (χ0n) is 14.5. The Morgan fingerprint density at radius 1 is 1.27 bits per heavy atom. The van der Waals surface area contributed by atoms with Crippen LogP contribution in [0.4, 0.5) is 0 Å². The van der Waals surface area contributed by atoms with E-state index in [0.29, 0.717) is 16.8 Å². The average Bonchev–Trinajstić information content (AvgIpc) is 3.01. The Hall–Kier alpha value is -3.25. The number of aliphatic hydroxyl groups excluding tert-OH is 1. The number of amides is 1. The van der Waals surface area contributed by atoms with Crippen LogP contribution in [-0.2, 0) is 4.79 Å². The SMILES string of the molecule is CC(=O)c1cc(-c2cnc3[nH]cc(/C=C/C(N)=O)c3c2)ccc1[C@@H](C)O. The van der Waals surface area contributed by atoms with Gasteiger partial charge in [0.25, 0.3) is 0 Å². The number of nitrogens with one attached hydrogen (secondary N) is 1. The van der Waals surface area contributed by atoms with Gasteiger partial charge in [-0.1, -0.05) is 12.1 Å². The number of benzene rings is 1. The molecule has 4 N–H and O–H groups in total. The van der Waals surface area contributed by atoms with Crippen molar-refractivity contribution in [2.45, 2.75) is 20.0 Å². The third-order valence-corrected chi connectivity index (χ3v) is 4.21. The third kappa shape index (κ3) is 3.41. The third-order valence-electron chi connectivity index (χ3n) is 4.21. The fraction of sp³-hybridized carbons (Fsp3) is 0.150. The minimum Gasteiger partial charge on any atom is -0.389 e. The van der Waals surface area contributed by atoms with Crippen LogP contribution < -0.4 is 5.73 Å². The number of fused-ring (bicyclic) bond motifs is 1. The number of aromatic nitrogens is 2. The zero-order valence-corrected chi connectivity index (χ0v) is 14.5. The predicted octanol–water partition coefficient (Wildman–Crippen LogP) is 2.98. The monoisotopic (exact) mass is 349 g/mol. The minimum atomic E-state index is -0.723. The van der Waals surface area contributed by atoms with Crippen LogP contribution >= 0.6 is 0 Å². The van der Waals surface area contributed by atoms with Crippen molar-refractivity contribution in [1.82, 2.24) is 9.97 Å². The highest BCUT2D eigenvalue weighted by atomic mass is 16.3. The van der Waals surface area contributed by atoms with E-state index in [9.17, 15) is 14.7 Å². The number of H-pyrrole nitrogens is 1. The summed E-state index contributed by atoms with van der Waals surface area (Å²) in [5, 5.41) is 10.7. The summed E-state index contributed by atoms with van der Waals surface area (Å²) in [5.74, 6) is -0.633. The summed E-state index contributed by atoms with van der Waals surface area (Å²) in [4.78, 5) is 30.3. The summed E-state index contributed by atoms with van der Waals surface area (Å²) in [6, 6.07) is 7.30. The molecule has 0 radical (unpaired) electrons. The highest BCUT2D eigenvalue weighted by Crippen LogP contribution is 2.29. The van der Waals surface area contributed by atoms with Crippen molar-refractivity contribution in [3.63, 3.8) is 0 Å². The van der Waals surface area contributed by atoms with Crippen LogP contribution in [0.3, 0.4) is 0 Å². The molecule has 0 unspecified atom stereocenters. The van der Waals surface area contributed by atoms with Gasteiger partial charge >= 0.3 is 0 Å². The van der Waals surface area contributed by atoms with Gasteiger partial charge in [0.2, 0.25) is 5.91 Å². The van der Waals surface area contributed by atoms with Gasteiger partial charge in [0, 0.05) is 40.5 Å². The molecular weight excluding hydrogens is 330 g/mol. The summed E-state index contributed by atoms with van der Waals surface area (Å²) < 4.78 is 0. The quantitative estimate of drug-likeness (QED) is 0.486. The van der Waals surface area contributed by atoms with Crippen LogP contribution in [-0.4, -0.2) is 26.8 Å². The Bertz CT molecular complexity index is 1030. The lowest BCUT2D eigenvalue weighted by Crippen LogP contribution is -2.04. The standard InChI is InChI=1S/C20H19N3O3/c1-11(24)16-5-3-13(7-17(16)12(2)25)15-8-18-14(4-6-19(21)26)9-22-20(18)23-10-15/h3-11,24H,1-2H3,(H2,21,26)(H,22,23)/b6-4+/t11-/m1/s1. The van der Waals surface area contributed by atoms with E-state index in [2.05, 4.69) is 9.97 Å². The van der Waals surface area contributed by atoms with Crippen molar-refractivity contribution in [3.05, 3.63) is 59.4 Å². The lowest BCUT2D eigenvalue weighted by molar-refractivity contribution is -0.113. The first-order valence-corrected chi connectivity index (χ1v) is 8.15. The summed E-state index contributed by atoms with van der Waals surface area (Å²) in [6.45, 7) is 3.11. The molecule has 0 bridgehead atoms. The Balaban J connectivity index is 2.10. The van der Waals surface area contributed by atoms with Gasteiger partial charge < -0.3 is 15.8 Å². The molecule has 1 amide bonds. The number of Topliss-reactive ketones (excluding diaryl/α,β-unsaturated/α-hetero) is 1. The van der Waals surface area contributed by atoms with Gasteiger partial charge in [-0.3, -0.25) is 9.59 Å². The Morgan fingerprint density at radius 2 is 2.04 bits per heavy atom. The number of hydrogen-bond donors (Lipinski definition) is 3. The lowest BCUT2D eigenvalue weighted by Gasteiger charge is -2.12. The predicted molar refractivity (Wildman–Crippen MR) is 100 cm³/mol. The largest absolute Gasteiger partial charge is 0.389 e. The molecule has 6 nitrogen and oxygen atoms in total. The van der Waals surface area contributed by atoms with Gasteiger partial charge in [0.05, 0.1) is 6.10 Å². The minimum absolute atomic E-state index is 0.108. The Labute approximate surface area is 150 Å². The molecule has 0 aliphatic rings. The molecule has 26 heavy (non-hydrogen) atoms. The fourth-order valence-electron chi connectivity index (χ4n) is 2.90. The first-order valence-electron chi connectivity index (χ1n) is 8.15. The highest BCUT2D eigenvalue weighted by Gasteiger charge is 2.14. The van der Waals surface area contributed by atoms with E-state index in [1.807, 2.05) is 12.1 Å². The highest BCUT2D eigenvalue weighted by molar-refractivity contribution is 5.98. The van der Waals surface area contributed by atoms with E-state index in [1.54, 1.807) is 37.5 Å². The van der Waals surface area contributed by atoms with E-state index in [-0.39, 0.29) is 5.78 Å². The molecule has 0 spiro atoms. The first-order chi connectivity index (χ1) is 12.4. The van der Waals surface area contributed by atoms with E-state index in [4.69, 9.17) is 5.73 Å². The van der Waals surface area contributed by atoms with Crippen molar-refractivity contribution in [2.24, 2.45) is 5.73 Å². The fourth-order valence-corrected chi connectivity index (χ4v) is 2.90. The average molecular weight is 349 g/mol. The molecule has 2 heterocycles. The summed E-state index contributed by atoms with van der Waals surface area (Å²) in [6.07, 6.45) is 5.66. The molecule has 1 atom stereocenters. The van der Waals surface area contributed by atoms with E-state index in [1.165, 1.54) is 13.0 Å². The molecule has 0 aliphatic carbocycles. The van der Waals surface area contributed by atoms with Crippen LogP contribution in [0.2, 0.25) is 0 Å². The number of carbonyl (C=O) groups excluding carboxylic acids is 2. The number of carbonyl (C=O) groups is 2. The number of rotatable bonds is 5. The maximum atomic E-state index is 11.9. The second-order valence-electron chi connectivity index (χ2n) is 6.13. The number of nitrogens with two attached hydrogens (primary N) is 1. The Morgan fingerprint density at radius 3 is 2.69 bits per heavy atom. The van der Waals surface area contributed by atoms with Crippen LogP contribution in [0.25, 0.3) is 28.2 Å². The Kier molecular flexibility index (Phi) is 4.69. The molecule has 132 valence electrons. The topological polar surface area (TPSA) is 109 Å². The van der Waals surface area contributed by atoms with E-state index in [0.717, 1.165) is 22.1 Å². The smallest absolute Gasteiger partial charge is 0.241 e. The van der Waals surface area contributed by atoms with Crippen LogP contribution in [0.15, 0.2) is 42.7 Å². The number of aliphatic hydroxyl groups is 1. The molecule has 6 heteroatoms. The van der Waals surface area contributed by atoms with Crippen LogP contribution in [0, 0.1) is 0 Å².